The maximum absolute atomic E-state index is 12.6. The first kappa shape index (κ1) is 17.3. The van der Waals surface area contributed by atoms with Gasteiger partial charge < -0.3 is 5.32 Å². The quantitative estimate of drug-likeness (QED) is 0.605. The molecule has 0 heterocycles. The number of rotatable bonds is 6. The number of hydrogen-bond acceptors (Lipinski definition) is 2. The molecule has 1 atom stereocenters. The Morgan fingerprint density at radius 1 is 0.880 bits per heavy atom. The molecule has 0 aliphatic carbocycles. The van der Waals surface area contributed by atoms with Gasteiger partial charge in [-0.05, 0) is 42.7 Å². The number of hydrogen-bond donors (Lipinski definition) is 1. The normalized spacial score (nSPS) is 11.7. The van der Waals surface area contributed by atoms with Crippen LogP contribution in [0.15, 0.2) is 89.8 Å². The van der Waals surface area contributed by atoms with E-state index in [1.165, 1.54) is 5.56 Å². The maximum Gasteiger partial charge on any atom is 0.237 e. The van der Waals surface area contributed by atoms with Gasteiger partial charge in [0.05, 0.1) is 5.25 Å². The number of thioether (sulfide) groups is 1. The predicted octanol–water partition coefficient (Wildman–Crippen LogP) is 5.40. The topological polar surface area (TPSA) is 29.1 Å². The highest BCUT2D eigenvalue weighted by molar-refractivity contribution is 8.00. The number of anilines is 1. The van der Waals surface area contributed by atoms with Crippen LogP contribution in [-0.2, 0) is 11.2 Å². The molecule has 1 N–H and O–H groups in total. The van der Waals surface area contributed by atoms with Crippen LogP contribution < -0.4 is 5.32 Å². The van der Waals surface area contributed by atoms with Crippen molar-refractivity contribution >= 4 is 23.4 Å². The summed E-state index contributed by atoms with van der Waals surface area (Å²) >= 11 is 1.57. The standard InChI is InChI=1S/C22H21NOS/c1-17(25-20-13-6-3-7-14-20)22(24)23-21-15-9-8-12-19(21)16-18-10-4-2-5-11-18/h2-15,17H,16H2,1H3,(H,23,24). The largest absolute Gasteiger partial charge is 0.325 e. The van der Waals surface area contributed by atoms with Gasteiger partial charge in [-0.3, -0.25) is 4.79 Å². The van der Waals surface area contributed by atoms with E-state index < -0.39 is 0 Å². The number of para-hydroxylation sites is 1. The lowest BCUT2D eigenvalue weighted by Crippen LogP contribution is -2.23. The molecular weight excluding hydrogens is 326 g/mol. The smallest absolute Gasteiger partial charge is 0.237 e. The fourth-order valence-corrected chi connectivity index (χ4v) is 3.49. The highest BCUT2D eigenvalue weighted by Crippen LogP contribution is 2.25. The summed E-state index contributed by atoms with van der Waals surface area (Å²) in [5, 5.41) is 2.93. The molecule has 0 fully saturated rings. The molecule has 0 saturated carbocycles. The minimum atomic E-state index is -0.160. The first-order chi connectivity index (χ1) is 12.2. The Morgan fingerprint density at radius 2 is 1.48 bits per heavy atom. The molecule has 1 unspecified atom stereocenters. The van der Waals surface area contributed by atoms with Crippen LogP contribution in [-0.4, -0.2) is 11.2 Å². The van der Waals surface area contributed by atoms with Crippen LogP contribution in [0.2, 0.25) is 0 Å². The lowest BCUT2D eigenvalue weighted by atomic mass is 10.0. The van der Waals surface area contributed by atoms with E-state index in [2.05, 4.69) is 23.5 Å². The minimum Gasteiger partial charge on any atom is -0.325 e. The van der Waals surface area contributed by atoms with Crippen LogP contribution in [0.3, 0.4) is 0 Å². The summed E-state index contributed by atoms with van der Waals surface area (Å²) in [5.41, 5.74) is 3.24. The second-order valence-electron chi connectivity index (χ2n) is 5.88. The third-order valence-corrected chi connectivity index (χ3v) is 5.05. The zero-order valence-electron chi connectivity index (χ0n) is 14.2. The van der Waals surface area contributed by atoms with Crippen molar-refractivity contribution in [1.82, 2.24) is 0 Å². The van der Waals surface area contributed by atoms with Gasteiger partial charge in [-0.2, -0.15) is 0 Å². The number of amides is 1. The Kier molecular flexibility index (Phi) is 5.91. The van der Waals surface area contributed by atoms with E-state index in [0.29, 0.717) is 0 Å². The second-order valence-corrected chi connectivity index (χ2v) is 7.30. The number of carbonyl (C=O) groups excluding carboxylic acids is 1. The van der Waals surface area contributed by atoms with Crippen molar-refractivity contribution in [2.75, 3.05) is 5.32 Å². The Hall–Kier alpha value is -2.52. The van der Waals surface area contributed by atoms with E-state index in [-0.39, 0.29) is 11.2 Å². The maximum atomic E-state index is 12.6. The summed E-state index contributed by atoms with van der Waals surface area (Å²) in [6.45, 7) is 1.94. The first-order valence-electron chi connectivity index (χ1n) is 8.37. The zero-order valence-corrected chi connectivity index (χ0v) is 15.0. The molecule has 0 aromatic heterocycles. The van der Waals surface area contributed by atoms with E-state index >= 15 is 0 Å². The van der Waals surface area contributed by atoms with Gasteiger partial charge in [0.2, 0.25) is 5.91 Å². The summed E-state index contributed by atoms with van der Waals surface area (Å²) in [6, 6.07) is 28.3. The van der Waals surface area contributed by atoms with Crippen molar-refractivity contribution in [2.24, 2.45) is 0 Å². The average molecular weight is 347 g/mol. The molecular formula is C22H21NOS. The van der Waals surface area contributed by atoms with Gasteiger partial charge in [-0.25, -0.2) is 0 Å². The number of carbonyl (C=O) groups is 1. The molecule has 3 rings (SSSR count). The summed E-state index contributed by atoms with van der Waals surface area (Å²) in [7, 11) is 0. The molecule has 126 valence electrons. The van der Waals surface area contributed by atoms with Gasteiger partial charge in [0.1, 0.15) is 0 Å². The predicted molar refractivity (Wildman–Crippen MR) is 106 cm³/mol. The molecule has 0 radical (unpaired) electrons. The molecule has 3 aromatic carbocycles. The third kappa shape index (κ3) is 4.97. The molecule has 0 saturated heterocycles. The highest BCUT2D eigenvalue weighted by atomic mass is 32.2. The van der Waals surface area contributed by atoms with Gasteiger partial charge in [0.25, 0.3) is 0 Å². The molecule has 25 heavy (non-hydrogen) atoms. The van der Waals surface area contributed by atoms with Crippen molar-refractivity contribution in [2.45, 2.75) is 23.5 Å². The summed E-state index contributed by atoms with van der Waals surface area (Å²) < 4.78 is 0. The van der Waals surface area contributed by atoms with Crippen LogP contribution in [0, 0.1) is 0 Å². The number of nitrogens with one attached hydrogen (secondary N) is 1. The molecule has 0 aliphatic heterocycles. The van der Waals surface area contributed by atoms with E-state index in [4.69, 9.17) is 0 Å². The van der Waals surface area contributed by atoms with Crippen molar-refractivity contribution in [1.29, 1.82) is 0 Å². The van der Waals surface area contributed by atoms with Gasteiger partial charge in [0, 0.05) is 10.6 Å². The Labute approximate surface area is 153 Å². The van der Waals surface area contributed by atoms with Crippen molar-refractivity contribution in [3.8, 4) is 0 Å². The minimum absolute atomic E-state index is 0.0226. The zero-order chi connectivity index (χ0) is 17.5. The van der Waals surface area contributed by atoms with Crippen LogP contribution >= 0.6 is 11.8 Å². The monoisotopic (exact) mass is 347 g/mol. The average Bonchev–Trinajstić information content (AvgIpc) is 2.65. The fourth-order valence-electron chi connectivity index (χ4n) is 2.60. The van der Waals surface area contributed by atoms with Crippen LogP contribution in [0.1, 0.15) is 18.1 Å². The second kappa shape index (κ2) is 8.54. The van der Waals surface area contributed by atoms with Gasteiger partial charge in [0.15, 0.2) is 0 Å². The highest BCUT2D eigenvalue weighted by Gasteiger charge is 2.15. The fraction of sp³-hybridized carbons (Fsp3) is 0.136. The summed E-state index contributed by atoms with van der Waals surface area (Å²) in [6.07, 6.45) is 0.803. The van der Waals surface area contributed by atoms with Crippen LogP contribution in [0.4, 0.5) is 5.69 Å². The van der Waals surface area contributed by atoms with E-state index in [1.807, 2.05) is 73.7 Å². The molecule has 3 aromatic rings. The summed E-state index contributed by atoms with van der Waals surface area (Å²) in [5.74, 6) is 0.0226. The molecule has 1 amide bonds. The Bertz CT molecular complexity index is 818. The molecule has 0 bridgehead atoms. The Morgan fingerprint density at radius 3 is 2.20 bits per heavy atom. The molecule has 3 heteroatoms. The molecule has 2 nitrogen and oxygen atoms in total. The number of benzene rings is 3. The first-order valence-corrected chi connectivity index (χ1v) is 9.25. The van der Waals surface area contributed by atoms with Crippen molar-refractivity contribution in [3.63, 3.8) is 0 Å². The Balaban J connectivity index is 1.69. The third-order valence-electron chi connectivity index (χ3n) is 3.94. The van der Waals surface area contributed by atoms with E-state index in [1.54, 1.807) is 11.8 Å². The van der Waals surface area contributed by atoms with Gasteiger partial charge in [-0.15, -0.1) is 11.8 Å². The van der Waals surface area contributed by atoms with E-state index in [9.17, 15) is 4.79 Å². The van der Waals surface area contributed by atoms with Crippen molar-refractivity contribution < 1.29 is 4.79 Å². The SMILES string of the molecule is CC(Sc1ccccc1)C(=O)Nc1ccccc1Cc1ccccc1. The van der Waals surface area contributed by atoms with Gasteiger partial charge >= 0.3 is 0 Å². The van der Waals surface area contributed by atoms with Crippen LogP contribution in [0.25, 0.3) is 0 Å². The van der Waals surface area contributed by atoms with Gasteiger partial charge in [-0.1, -0.05) is 66.7 Å². The molecule has 0 spiro atoms. The lowest BCUT2D eigenvalue weighted by molar-refractivity contribution is -0.115. The summed E-state index contributed by atoms with van der Waals surface area (Å²) in [4.78, 5) is 13.7. The van der Waals surface area contributed by atoms with Crippen molar-refractivity contribution in [3.05, 3.63) is 96.1 Å². The van der Waals surface area contributed by atoms with Crippen LogP contribution in [0.5, 0.6) is 0 Å². The van der Waals surface area contributed by atoms with E-state index in [0.717, 1.165) is 22.6 Å². The molecule has 0 aliphatic rings. The lowest BCUT2D eigenvalue weighted by Gasteiger charge is -2.15.